The van der Waals surface area contributed by atoms with E-state index in [4.69, 9.17) is 36.0 Å². The monoisotopic (exact) mass is 630 g/mol. The number of aliphatic imine (C=N–C) groups is 1. The van der Waals surface area contributed by atoms with Gasteiger partial charge in [0.05, 0.1) is 23.8 Å². The highest BCUT2D eigenvalue weighted by atomic mass is 32.2. The first-order chi connectivity index (χ1) is 20.9. The second-order valence-corrected chi connectivity index (χ2v) is 12.1. The Kier molecular flexibility index (Phi) is 10.3. The second kappa shape index (κ2) is 13.8. The molecule has 0 spiro atoms. The zero-order valence-electron chi connectivity index (χ0n) is 23.7. The summed E-state index contributed by atoms with van der Waals surface area (Å²) in [6.45, 7) is 1.65. The SMILES string of the molecule is CNc1c(Cc2ccc(S(=O)(=O)N3CCOCC3)cc2)cc2c3c(cccc13)C(N)=N2.O=C[C@H](O)[C@@H](O)[C@H](O)[C@H](O)C(=O)O. The molecule has 1 saturated heterocycles. The van der Waals surface area contributed by atoms with Crippen LogP contribution < -0.4 is 11.1 Å². The Morgan fingerprint density at radius 1 is 1.09 bits per heavy atom. The van der Waals surface area contributed by atoms with E-state index < -0.39 is 40.4 Å². The maximum Gasteiger partial charge on any atom is 0.335 e. The van der Waals surface area contributed by atoms with Gasteiger partial charge in [-0.05, 0) is 35.7 Å². The number of aliphatic hydroxyl groups excluding tert-OH is 4. The highest BCUT2D eigenvalue weighted by Gasteiger charge is 2.34. The topological polar surface area (TPSA) is 232 Å². The molecule has 0 saturated carbocycles. The summed E-state index contributed by atoms with van der Waals surface area (Å²) in [7, 11) is -1.59. The van der Waals surface area contributed by atoms with Gasteiger partial charge in [0.25, 0.3) is 0 Å². The Labute approximate surface area is 253 Å². The third kappa shape index (κ3) is 6.73. The number of sulfonamides is 1. The minimum atomic E-state index is -3.49. The van der Waals surface area contributed by atoms with E-state index in [1.54, 1.807) is 12.1 Å². The second-order valence-electron chi connectivity index (χ2n) is 10.1. The maximum absolute atomic E-state index is 12.9. The fourth-order valence-electron chi connectivity index (χ4n) is 5.00. The highest BCUT2D eigenvalue weighted by Crippen LogP contribution is 2.41. The van der Waals surface area contributed by atoms with E-state index in [-0.39, 0.29) is 6.29 Å². The van der Waals surface area contributed by atoms with Crippen LogP contribution in [-0.4, -0.2) is 114 Å². The number of rotatable bonds is 10. The van der Waals surface area contributed by atoms with Crippen molar-refractivity contribution in [2.45, 2.75) is 35.7 Å². The number of benzene rings is 3. The summed E-state index contributed by atoms with van der Waals surface area (Å²) < 4.78 is 32.5. The summed E-state index contributed by atoms with van der Waals surface area (Å²) in [6, 6.07) is 15.3. The minimum absolute atomic E-state index is 0.0809. The first-order valence-electron chi connectivity index (χ1n) is 13.6. The number of hydrogen-bond acceptors (Lipinski definition) is 12. The molecule has 2 aliphatic rings. The van der Waals surface area contributed by atoms with Crippen molar-refractivity contribution in [2.24, 2.45) is 10.7 Å². The Balaban J connectivity index is 0.000000289. The number of anilines is 1. The number of ether oxygens (including phenoxy) is 1. The lowest BCUT2D eigenvalue weighted by molar-refractivity contribution is -0.163. The third-order valence-corrected chi connectivity index (χ3v) is 9.24. The number of nitrogens with two attached hydrogens (primary N) is 1. The predicted octanol–water partition coefficient (Wildman–Crippen LogP) is -0.443. The molecule has 3 aromatic rings. The van der Waals surface area contributed by atoms with Gasteiger partial charge in [0.2, 0.25) is 10.0 Å². The van der Waals surface area contributed by atoms with Crippen LogP contribution in [0, 0.1) is 0 Å². The van der Waals surface area contributed by atoms with Crippen LogP contribution in [0.4, 0.5) is 11.4 Å². The van der Waals surface area contributed by atoms with Crippen LogP contribution in [0.2, 0.25) is 0 Å². The standard InChI is InChI=1S/C23H24N4O3S.C6H10O7/c1-25-22-16(14-20-21-18(22)3-2-4-19(21)23(24)26-20)13-15-5-7-17(8-6-15)31(28,29)27-9-11-30-12-10-27;7-1-2(8)3(9)4(10)5(11)6(12)13/h2-8,14,25H,9-13H2,1H3,(H2,24,26);1-5,8-11H,(H,12,13)/t;2-,3+,4-,5-/m.0/s1. The molecule has 2 aliphatic heterocycles. The number of aliphatic carboxylic acids is 1. The van der Waals surface area contributed by atoms with Gasteiger partial charge >= 0.3 is 5.97 Å². The molecular formula is C29H34N4O10S. The molecule has 0 radical (unpaired) electrons. The van der Waals surface area contributed by atoms with E-state index in [0.717, 1.165) is 38.8 Å². The van der Waals surface area contributed by atoms with Crippen molar-refractivity contribution in [1.29, 1.82) is 0 Å². The summed E-state index contributed by atoms with van der Waals surface area (Å²) in [5.41, 5.74) is 11.1. The average molecular weight is 631 g/mol. The predicted molar refractivity (Wildman–Crippen MR) is 160 cm³/mol. The molecule has 0 bridgehead atoms. The number of aldehydes is 1. The molecule has 1 fully saturated rings. The van der Waals surface area contributed by atoms with Crippen LogP contribution in [0.25, 0.3) is 10.8 Å². The van der Waals surface area contributed by atoms with Crippen molar-refractivity contribution in [3.05, 3.63) is 65.2 Å². The van der Waals surface area contributed by atoms with E-state index in [1.165, 1.54) is 4.31 Å². The molecule has 0 aliphatic carbocycles. The lowest BCUT2D eigenvalue weighted by Gasteiger charge is -2.26. The van der Waals surface area contributed by atoms with Crippen LogP contribution in [-0.2, 0) is 30.8 Å². The first-order valence-corrected chi connectivity index (χ1v) is 15.0. The van der Waals surface area contributed by atoms with Gasteiger partial charge in [0, 0.05) is 42.2 Å². The third-order valence-electron chi connectivity index (χ3n) is 7.33. The fraction of sp³-hybridized carbons (Fsp3) is 0.345. The van der Waals surface area contributed by atoms with Gasteiger partial charge in [0.1, 0.15) is 24.1 Å². The number of aliphatic hydroxyl groups is 4. The van der Waals surface area contributed by atoms with Crippen LogP contribution in [0.3, 0.4) is 0 Å². The number of nitrogens with one attached hydrogen (secondary N) is 1. The summed E-state index contributed by atoms with van der Waals surface area (Å²) >= 11 is 0. The normalized spacial score (nSPS) is 17.5. The van der Waals surface area contributed by atoms with Crippen molar-refractivity contribution in [1.82, 2.24) is 4.31 Å². The van der Waals surface area contributed by atoms with E-state index in [9.17, 15) is 18.0 Å². The zero-order valence-corrected chi connectivity index (χ0v) is 24.5. The molecule has 0 aromatic heterocycles. The van der Waals surface area contributed by atoms with Crippen molar-refractivity contribution in [3.63, 3.8) is 0 Å². The molecule has 0 unspecified atom stereocenters. The van der Waals surface area contributed by atoms with Crippen LogP contribution >= 0.6 is 0 Å². The van der Waals surface area contributed by atoms with Crippen molar-refractivity contribution in [3.8, 4) is 0 Å². The van der Waals surface area contributed by atoms with E-state index in [0.29, 0.717) is 43.5 Å². The number of carbonyl (C=O) groups excluding carboxylic acids is 1. The molecule has 236 valence electrons. The highest BCUT2D eigenvalue weighted by molar-refractivity contribution is 7.89. The zero-order chi connectivity index (χ0) is 32.2. The average Bonchev–Trinajstić information content (AvgIpc) is 3.36. The van der Waals surface area contributed by atoms with Crippen molar-refractivity contribution < 1.29 is 48.3 Å². The molecular weight excluding hydrogens is 596 g/mol. The van der Waals surface area contributed by atoms with E-state index in [2.05, 4.69) is 22.4 Å². The quantitative estimate of drug-likeness (QED) is 0.141. The Morgan fingerprint density at radius 2 is 1.75 bits per heavy atom. The molecule has 8 N–H and O–H groups in total. The first kappa shape index (κ1) is 32.9. The number of carboxylic acid groups (broad SMARTS) is 1. The molecule has 14 nitrogen and oxygen atoms in total. The number of amidine groups is 1. The molecule has 0 amide bonds. The molecule has 2 heterocycles. The van der Waals surface area contributed by atoms with Crippen LogP contribution in [0.15, 0.2) is 58.4 Å². The van der Waals surface area contributed by atoms with Crippen LogP contribution in [0.5, 0.6) is 0 Å². The van der Waals surface area contributed by atoms with Gasteiger partial charge in [-0.25, -0.2) is 18.2 Å². The summed E-state index contributed by atoms with van der Waals surface area (Å²) in [6.07, 6.45) is -7.74. The number of morpholine rings is 1. The van der Waals surface area contributed by atoms with Crippen molar-refractivity contribution in [2.75, 3.05) is 38.7 Å². The summed E-state index contributed by atoms with van der Waals surface area (Å²) in [5, 5.41) is 48.7. The Bertz CT molecular complexity index is 1660. The molecule has 44 heavy (non-hydrogen) atoms. The Morgan fingerprint density at radius 3 is 2.34 bits per heavy atom. The number of carboxylic acids is 1. The molecule has 3 aromatic carbocycles. The van der Waals surface area contributed by atoms with Gasteiger partial charge in [-0.2, -0.15) is 4.31 Å². The smallest absolute Gasteiger partial charge is 0.335 e. The number of carbonyl (C=O) groups is 2. The van der Waals surface area contributed by atoms with E-state index >= 15 is 0 Å². The van der Waals surface area contributed by atoms with Gasteiger partial charge < -0.3 is 46.1 Å². The minimum Gasteiger partial charge on any atom is -0.479 e. The summed E-state index contributed by atoms with van der Waals surface area (Å²) in [4.78, 5) is 24.8. The van der Waals surface area contributed by atoms with Gasteiger partial charge in [-0.1, -0.05) is 30.3 Å². The van der Waals surface area contributed by atoms with E-state index in [1.807, 2.05) is 31.3 Å². The fourth-order valence-corrected chi connectivity index (χ4v) is 6.40. The molecule has 4 atom stereocenters. The van der Waals surface area contributed by atoms with Gasteiger partial charge in [-0.15, -0.1) is 0 Å². The molecule has 5 rings (SSSR count). The summed E-state index contributed by atoms with van der Waals surface area (Å²) in [5.74, 6) is -1.22. The number of nitrogens with zero attached hydrogens (tertiary/aromatic N) is 2. The lowest BCUT2D eigenvalue weighted by Crippen LogP contribution is -2.48. The lowest BCUT2D eigenvalue weighted by atomic mass is 9.95. The largest absolute Gasteiger partial charge is 0.479 e. The van der Waals surface area contributed by atoms with Crippen molar-refractivity contribution >= 4 is 50.3 Å². The van der Waals surface area contributed by atoms with Crippen LogP contribution in [0.1, 0.15) is 16.7 Å². The maximum atomic E-state index is 12.9. The number of hydrogen-bond donors (Lipinski definition) is 7. The molecule has 15 heteroatoms. The van der Waals surface area contributed by atoms with Gasteiger partial charge in [0.15, 0.2) is 12.4 Å². The van der Waals surface area contributed by atoms with Gasteiger partial charge in [-0.3, -0.25) is 0 Å². The Hall–Kier alpha value is -3.96.